The molecule has 1 aromatic heterocycles. The molecule has 1 aromatic rings. The molecular weight excluding hydrogens is 262 g/mol. The number of rotatable bonds is 10. The predicted molar refractivity (Wildman–Crippen MR) is 77.0 cm³/mol. The molecule has 0 aromatic carbocycles. The van der Waals surface area contributed by atoms with Gasteiger partial charge in [-0.15, -0.1) is 0 Å². The van der Waals surface area contributed by atoms with Gasteiger partial charge in [0.2, 0.25) is 0 Å². The minimum Gasteiger partial charge on any atom is -0.394 e. The number of hydrogen-bond donors (Lipinski definition) is 3. The molecular formula is C13H23N3O4. The van der Waals surface area contributed by atoms with Crippen LogP contribution in [0.1, 0.15) is 32.6 Å². The molecule has 0 saturated heterocycles. The first kappa shape index (κ1) is 16.5. The molecule has 20 heavy (non-hydrogen) atoms. The Kier molecular flexibility index (Phi) is 7.67. The Bertz CT molecular complexity index is 495. The van der Waals surface area contributed by atoms with E-state index in [0.29, 0.717) is 12.2 Å². The predicted octanol–water partition coefficient (Wildman–Crippen LogP) is 0.495. The van der Waals surface area contributed by atoms with Crippen LogP contribution in [0.2, 0.25) is 0 Å². The third kappa shape index (κ3) is 5.58. The van der Waals surface area contributed by atoms with Crippen molar-refractivity contribution in [2.45, 2.75) is 39.3 Å². The number of H-pyrrole nitrogens is 1. The third-order valence-corrected chi connectivity index (χ3v) is 2.82. The van der Waals surface area contributed by atoms with Crippen LogP contribution in [0.5, 0.6) is 0 Å². The number of nitrogens with one attached hydrogen (secondary N) is 2. The van der Waals surface area contributed by atoms with Crippen molar-refractivity contribution >= 4 is 5.69 Å². The van der Waals surface area contributed by atoms with Gasteiger partial charge in [-0.1, -0.05) is 26.2 Å². The van der Waals surface area contributed by atoms with Gasteiger partial charge in [0.15, 0.2) is 0 Å². The molecule has 7 heteroatoms. The lowest BCUT2D eigenvalue weighted by Gasteiger charge is -2.09. The summed E-state index contributed by atoms with van der Waals surface area (Å²) >= 11 is 0. The number of unbranched alkanes of at least 4 members (excludes halogenated alkanes) is 3. The van der Waals surface area contributed by atoms with E-state index in [1.807, 2.05) is 0 Å². The number of aliphatic hydroxyl groups excluding tert-OH is 1. The first-order chi connectivity index (χ1) is 9.69. The van der Waals surface area contributed by atoms with Crippen molar-refractivity contribution in [3.63, 3.8) is 0 Å². The lowest BCUT2D eigenvalue weighted by molar-refractivity contribution is 0.0458. The largest absolute Gasteiger partial charge is 0.394 e. The fourth-order valence-electron chi connectivity index (χ4n) is 1.73. The molecule has 1 rings (SSSR count). The normalized spacial score (nSPS) is 10.7. The van der Waals surface area contributed by atoms with Crippen molar-refractivity contribution in [2.24, 2.45) is 0 Å². The Balaban J connectivity index is 2.59. The SMILES string of the molecule is CCCCCCNc1cn(COCCO)c(=O)[nH]c1=O. The van der Waals surface area contributed by atoms with Crippen LogP contribution >= 0.6 is 0 Å². The second-order valence-corrected chi connectivity index (χ2v) is 4.52. The van der Waals surface area contributed by atoms with Gasteiger partial charge in [-0.05, 0) is 6.42 Å². The van der Waals surface area contributed by atoms with Gasteiger partial charge in [-0.2, -0.15) is 0 Å². The molecule has 0 aliphatic carbocycles. The van der Waals surface area contributed by atoms with E-state index < -0.39 is 11.2 Å². The summed E-state index contributed by atoms with van der Waals surface area (Å²) in [6.07, 6.45) is 5.87. The van der Waals surface area contributed by atoms with Crippen LogP contribution in [0.25, 0.3) is 0 Å². The van der Waals surface area contributed by atoms with Gasteiger partial charge in [-0.25, -0.2) is 4.79 Å². The highest BCUT2D eigenvalue weighted by Crippen LogP contribution is 2.01. The lowest BCUT2D eigenvalue weighted by atomic mass is 10.2. The number of aromatic nitrogens is 2. The summed E-state index contributed by atoms with van der Waals surface area (Å²) in [7, 11) is 0. The number of aromatic amines is 1. The van der Waals surface area contributed by atoms with Crippen molar-refractivity contribution in [1.29, 1.82) is 0 Å². The Labute approximate surface area is 117 Å². The van der Waals surface area contributed by atoms with Gasteiger partial charge in [0, 0.05) is 12.7 Å². The fourth-order valence-corrected chi connectivity index (χ4v) is 1.73. The maximum absolute atomic E-state index is 11.6. The molecule has 3 N–H and O–H groups in total. The van der Waals surface area contributed by atoms with E-state index in [9.17, 15) is 9.59 Å². The van der Waals surface area contributed by atoms with E-state index in [2.05, 4.69) is 17.2 Å². The minimum atomic E-state index is -0.524. The van der Waals surface area contributed by atoms with Crippen LogP contribution in [-0.2, 0) is 11.5 Å². The molecule has 1 heterocycles. The van der Waals surface area contributed by atoms with E-state index in [-0.39, 0.29) is 19.9 Å². The van der Waals surface area contributed by atoms with Gasteiger partial charge >= 0.3 is 5.69 Å². The molecule has 0 spiro atoms. The van der Waals surface area contributed by atoms with Crippen molar-refractivity contribution in [3.05, 3.63) is 27.0 Å². The average molecular weight is 285 g/mol. The van der Waals surface area contributed by atoms with Gasteiger partial charge < -0.3 is 15.2 Å². The van der Waals surface area contributed by atoms with Crippen molar-refractivity contribution < 1.29 is 9.84 Å². The molecule has 0 radical (unpaired) electrons. The topological polar surface area (TPSA) is 96.3 Å². The number of nitrogens with zero attached hydrogens (tertiary/aromatic N) is 1. The van der Waals surface area contributed by atoms with Gasteiger partial charge in [0.05, 0.1) is 13.2 Å². The van der Waals surface area contributed by atoms with Crippen LogP contribution in [0.15, 0.2) is 15.8 Å². The summed E-state index contributed by atoms with van der Waals surface area (Å²) in [5.41, 5.74) is -0.595. The Hall–Kier alpha value is -1.60. The van der Waals surface area contributed by atoms with E-state index in [1.54, 1.807) is 0 Å². The van der Waals surface area contributed by atoms with Crippen molar-refractivity contribution in [3.8, 4) is 0 Å². The highest BCUT2D eigenvalue weighted by molar-refractivity contribution is 5.37. The zero-order valence-electron chi connectivity index (χ0n) is 11.9. The number of hydrogen-bond acceptors (Lipinski definition) is 5. The molecule has 0 amide bonds. The summed E-state index contributed by atoms with van der Waals surface area (Å²) in [4.78, 5) is 25.4. The molecule has 0 unspecified atom stereocenters. The van der Waals surface area contributed by atoms with Crippen LogP contribution in [0.3, 0.4) is 0 Å². The Morgan fingerprint density at radius 3 is 2.85 bits per heavy atom. The molecule has 0 aliphatic heterocycles. The molecule has 0 atom stereocenters. The van der Waals surface area contributed by atoms with E-state index in [4.69, 9.17) is 9.84 Å². The number of ether oxygens (including phenoxy) is 1. The zero-order valence-corrected chi connectivity index (χ0v) is 11.9. The Morgan fingerprint density at radius 1 is 1.35 bits per heavy atom. The van der Waals surface area contributed by atoms with Crippen LogP contribution in [0.4, 0.5) is 5.69 Å². The second kappa shape index (κ2) is 9.33. The quantitative estimate of drug-likeness (QED) is 0.544. The van der Waals surface area contributed by atoms with Crippen LogP contribution in [-0.4, -0.2) is 34.4 Å². The monoisotopic (exact) mass is 285 g/mol. The maximum Gasteiger partial charge on any atom is 0.330 e. The molecule has 114 valence electrons. The first-order valence-electron chi connectivity index (χ1n) is 6.95. The highest BCUT2D eigenvalue weighted by atomic mass is 16.5. The zero-order chi connectivity index (χ0) is 14.8. The fraction of sp³-hybridized carbons (Fsp3) is 0.692. The molecule has 0 saturated carbocycles. The summed E-state index contributed by atoms with van der Waals surface area (Å²) in [5, 5.41) is 11.6. The summed E-state index contributed by atoms with van der Waals surface area (Å²) < 4.78 is 6.32. The molecule has 0 aliphatic rings. The van der Waals surface area contributed by atoms with E-state index in [1.165, 1.54) is 17.2 Å². The van der Waals surface area contributed by atoms with Crippen molar-refractivity contribution in [2.75, 3.05) is 25.1 Å². The Morgan fingerprint density at radius 2 is 2.15 bits per heavy atom. The van der Waals surface area contributed by atoms with Gasteiger partial charge in [-0.3, -0.25) is 14.3 Å². The smallest absolute Gasteiger partial charge is 0.330 e. The maximum atomic E-state index is 11.6. The number of anilines is 1. The van der Waals surface area contributed by atoms with Gasteiger partial charge in [0.25, 0.3) is 5.56 Å². The summed E-state index contributed by atoms with van der Waals surface area (Å²) in [5.74, 6) is 0. The number of aliphatic hydroxyl groups is 1. The van der Waals surface area contributed by atoms with Crippen LogP contribution in [0, 0.1) is 0 Å². The van der Waals surface area contributed by atoms with E-state index >= 15 is 0 Å². The van der Waals surface area contributed by atoms with Gasteiger partial charge in [0.1, 0.15) is 12.4 Å². The average Bonchev–Trinajstić information content (AvgIpc) is 2.43. The third-order valence-electron chi connectivity index (χ3n) is 2.82. The van der Waals surface area contributed by atoms with Crippen LogP contribution < -0.4 is 16.6 Å². The summed E-state index contributed by atoms with van der Waals surface area (Å²) in [6, 6.07) is 0. The standard InChI is InChI=1S/C13H23N3O4/c1-2-3-4-5-6-14-11-9-16(10-20-8-7-17)13(19)15-12(11)18/h9,14,17H,2-8,10H2,1H3,(H,15,18,19). The molecule has 0 fully saturated rings. The highest BCUT2D eigenvalue weighted by Gasteiger charge is 2.04. The lowest BCUT2D eigenvalue weighted by Crippen LogP contribution is -2.32. The second-order valence-electron chi connectivity index (χ2n) is 4.52. The minimum absolute atomic E-state index is 0.000683. The summed E-state index contributed by atoms with van der Waals surface area (Å²) in [6.45, 7) is 2.87. The van der Waals surface area contributed by atoms with Crippen molar-refractivity contribution in [1.82, 2.24) is 9.55 Å². The molecule has 0 bridgehead atoms. The molecule has 7 nitrogen and oxygen atoms in total. The van der Waals surface area contributed by atoms with E-state index in [0.717, 1.165) is 19.3 Å². The first-order valence-corrected chi connectivity index (χ1v) is 6.95.